The zero-order valence-electron chi connectivity index (χ0n) is 20.6. The molecule has 9 nitrogen and oxygen atoms in total. The van der Waals surface area contributed by atoms with Crippen molar-refractivity contribution < 1.29 is 19.6 Å². The first-order chi connectivity index (χ1) is 16.2. The van der Waals surface area contributed by atoms with Crippen molar-refractivity contribution in [3.05, 3.63) is 24.3 Å². The molecule has 1 heterocycles. The van der Waals surface area contributed by atoms with Crippen molar-refractivity contribution in [1.82, 2.24) is 15.7 Å². The molecular weight excluding hydrogens is 434 g/mol. The fourth-order valence-corrected chi connectivity index (χ4v) is 4.88. The molecule has 0 aromatic heterocycles. The fraction of sp³-hybridized carbons (Fsp3) is 0.640. The van der Waals surface area contributed by atoms with E-state index in [-0.39, 0.29) is 12.5 Å². The van der Waals surface area contributed by atoms with Crippen LogP contribution in [0.25, 0.3) is 0 Å². The molecule has 0 spiro atoms. The van der Waals surface area contributed by atoms with Gasteiger partial charge in [0.15, 0.2) is 0 Å². The summed E-state index contributed by atoms with van der Waals surface area (Å²) in [4.78, 5) is 42.3. The van der Waals surface area contributed by atoms with Gasteiger partial charge in [0.2, 0.25) is 5.91 Å². The van der Waals surface area contributed by atoms with Gasteiger partial charge in [0.1, 0.15) is 12.6 Å². The first-order valence-electron chi connectivity index (χ1n) is 12.3. The SMILES string of the molecule is CC(C)(C)C(NC(=O)Nc1ccccc1N1CCCC1)C(=O)N(CC(=O)NO)CC1CCCC1. The number of nitrogens with one attached hydrogen (secondary N) is 3. The molecule has 3 rings (SSSR count). The maximum atomic E-state index is 13.6. The molecule has 2 aliphatic rings. The average Bonchev–Trinajstić information content (AvgIpc) is 3.50. The van der Waals surface area contributed by atoms with Crippen LogP contribution < -0.4 is 21.0 Å². The van der Waals surface area contributed by atoms with Gasteiger partial charge in [-0.2, -0.15) is 0 Å². The fourth-order valence-electron chi connectivity index (χ4n) is 4.88. The first kappa shape index (κ1) is 25.8. The molecule has 1 atom stereocenters. The number of anilines is 2. The van der Waals surface area contributed by atoms with Crippen molar-refractivity contribution >= 4 is 29.2 Å². The van der Waals surface area contributed by atoms with Gasteiger partial charge in [-0.3, -0.25) is 14.8 Å². The minimum Gasteiger partial charge on any atom is -0.370 e. The van der Waals surface area contributed by atoms with Gasteiger partial charge in [0, 0.05) is 19.6 Å². The lowest BCUT2D eigenvalue weighted by atomic mass is 9.85. The Kier molecular flexibility index (Phi) is 8.77. The van der Waals surface area contributed by atoms with Gasteiger partial charge in [0.05, 0.1) is 11.4 Å². The van der Waals surface area contributed by atoms with Crippen LogP contribution in [-0.4, -0.2) is 60.2 Å². The normalized spacial score (nSPS) is 17.4. The molecule has 2 fully saturated rings. The summed E-state index contributed by atoms with van der Waals surface area (Å²) in [5.41, 5.74) is 2.70. The summed E-state index contributed by atoms with van der Waals surface area (Å²) in [6, 6.07) is 6.36. The lowest BCUT2D eigenvalue weighted by Crippen LogP contribution is -2.57. The Balaban J connectivity index is 1.74. The van der Waals surface area contributed by atoms with Crippen molar-refractivity contribution in [2.45, 2.75) is 65.3 Å². The molecule has 1 saturated heterocycles. The minimum atomic E-state index is -0.848. The highest BCUT2D eigenvalue weighted by Gasteiger charge is 2.37. The molecule has 1 aliphatic heterocycles. The van der Waals surface area contributed by atoms with Crippen LogP contribution in [0.5, 0.6) is 0 Å². The Morgan fingerprint density at radius 2 is 1.74 bits per heavy atom. The van der Waals surface area contributed by atoms with Gasteiger partial charge in [-0.1, -0.05) is 45.7 Å². The van der Waals surface area contributed by atoms with Crippen LogP contribution in [0.2, 0.25) is 0 Å². The van der Waals surface area contributed by atoms with Gasteiger partial charge in [-0.25, -0.2) is 10.3 Å². The van der Waals surface area contributed by atoms with Crippen LogP contribution in [-0.2, 0) is 9.59 Å². The second-order valence-electron chi connectivity index (χ2n) is 10.5. The monoisotopic (exact) mass is 473 g/mol. The number of carbonyl (C=O) groups is 3. The Morgan fingerprint density at radius 1 is 1.09 bits per heavy atom. The van der Waals surface area contributed by atoms with Crippen LogP contribution in [0, 0.1) is 11.3 Å². The number of nitrogens with zero attached hydrogens (tertiary/aromatic N) is 2. The number of hydrogen-bond donors (Lipinski definition) is 4. The third-order valence-electron chi connectivity index (χ3n) is 6.71. The quantitative estimate of drug-likeness (QED) is 0.342. The third kappa shape index (κ3) is 6.85. The Hall–Kier alpha value is -2.81. The van der Waals surface area contributed by atoms with Crippen LogP contribution >= 0.6 is 0 Å². The molecule has 1 unspecified atom stereocenters. The van der Waals surface area contributed by atoms with Gasteiger partial charge in [-0.15, -0.1) is 0 Å². The van der Waals surface area contributed by atoms with E-state index in [4.69, 9.17) is 5.21 Å². The summed E-state index contributed by atoms with van der Waals surface area (Å²) in [7, 11) is 0. The number of carbonyl (C=O) groups excluding carboxylic acids is 3. The summed E-state index contributed by atoms with van der Waals surface area (Å²) < 4.78 is 0. The lowest BCUT2D eigenvalue weighted by Gasteiger charge is -2.35. The van der Waals surface area contributed by atoms with Crippen LogP contribution in [0.3, 0.4) is 0 Å². The van der Waals surface area contributed by atoms with Crippen molar-refractivity contribution in [3.8, 4) is 0 Å². The van der Waals surface area contributed by atoms with Gasteiger partial charge in [0.25, 0.3) is 5.91 Å². The highest BCUT2D eigenvalue weighted by atomic mass is 16.5. The highest BCUT2D eigenvalue weighted by Crippen LogP contribution is 2.30. The molecule has 4 amide bonds. The smallest absolute Gasteiger partial charge is 0.319 e. The molecular formula is C25H39N5O4. The average molecular weight is 474 g/mol. The van der Waals surface area contributed by atoms with E-state index in [0.29, 0.717) is 18.2 Å². The first-order valence-corrected chi connectivity index (χ1v) is 12.3. The zero-order valence-corrected chi connectivity index (χ0v) is 20.6. The van der Waals surface area contributed by atoms with Gasteiger partial charge in [-0.05, 0) is 49.1 Å². The standard InChI is InChI=1S/C25H39N5O4/c1-25(2,3)22(23(32)30(17-21(31)28-34)16-18-10-4-5-11-18)27-24(33)26-19-12-6-7-13-20(19)29-14-8-9-15-29/h6-7,12-13,18,22,34H,4-5,8-11,14-17H2,1-3H3,(H,28,31)(H2,26,27,33). The number of benzene rings is 1. The molecule has 34 heavy (non-hydrogen) atoms. The molecule has 1 saturated carbocycles. The second kappa shape index (κ2) is 11.6. The van der Waals surface area contributed by atoms with E-state index in [1.807, 2.05) is 45.0 Å². The van der Waals surface area contributed by atoms with Gasteiger partial charge < -0.3 is 20.4 Å². The van der Waals surface area contributed by atoms with Gasteiger partial charge >= 0.3 is 6.03 Å². The van der Waals surface area contributed by atoms with E-state index < -0.39 is 23.4 Å². The van der Waals surface area contributed by atoms with Crippen LogP contribution in [0.4, 0.5) is 16.2 Å². The van der Waals surface area contributed by atoms with Crippen molar-refractivity contribution in [2.24, 2.45) is 11.3 Å². The molecule has 188 valence electrons. The Labute approximate surface area is 202 Å². The van der Waals surface area contributed by atoms with E-state index in [9.17, 15) is 14.4 Å². The minimum absolute atomic E-state index is 0.250. The van der Waals surface area contributed by atoms with E-state index in [2.05, 4.69) is 15.5 Å². The molecule has 1 aromatic carbocycles. The summed E-state index contributed by atoms with van der Waals surface area (Å²) in [5, 5.41) is 14.8. The molecule has 0 radical (unpaired) electrons. The summed E-state index contributed by atoms with van der Waals surface area (Å²) in [5.74, 6) is -0.661. The van der Waals surface area contributed by atoms with Crippen LogP contribution in [0.15, 0.2) is 24.3 Å². The topological polar surface area (TPSA) is 114 Å². The van der Waals surface area contributed by atoms with E-state index in [0.717, 1.165) is 57.3 Å². The van der Waals surface area contributed by atoms with E-state index in [1.165, 1.54) is 4.90 Å². The number of urea groups is 1. The van der Waals surface area contributed by atoms with Crippen molar-refractivity contribution in [1.29, 1.82) is 0 Å². The molecule has 4 N–H and O–H groups in total. The Morgan fingerprint density at radius 3 is 2.35 bits per heavy atom. The predicted octanol–water partition coefficient (Wildman–Crippen LogP) is 3.35. The second-order valence-corrected chi connectivity index (χ2v) is 10.5. The van der Waals surface area contributed by atoms with Crippen molar-refractivity contribution in [3.63, 3.8) is 0 Å². The number of rotatable bonds is 8. The van der Waals surface area contributed by atoms with E-state index >= 15 is 0 Å². The Bertz CT molecular complexity index is 857. The summed E-state index contributed by atoms with van der Waals surface area (Å²) >= 11 is 0. The predicted molar refractivity (Wildman–Crippen MR) is 132 cm³/mol. The van der Waals surface area contributed by atoms with E-state index in [1.54, 1.807) is 5.48 Å². The molecule has 1 aromatic rings. The lowest BCUT2D eigenvalue weighted by molar-refractivity contribution is -0.142. The molecule has 1 aliphatic carbocycles. The van der Waals surface area contributed by atoms with Crippen molar-refractivity contribution in [2.75, 3.05) is 36.4 Å². The summed E-state index contributed by atoms with van der Waals surface area (Å²) in [6.07, 6.45) is 6.48. The maximum absolute atomic E-state index is 13.6. The number of hydrogen-bond acceptors (Lipinski definition) is 5. The molecule has 9 heteroatoms. The third-order valence-corrected chi connectivity index (χ3v) is 6.71. The number of para-hydroxylation sites is 2. The number of hydroxylamine groups is 1. The zero-order chi connectivity index (χ0) is 24.7. The largest absolute Gasteiger partial charge is 0.370 e. The molecule has 0 bridgehead atoms. The highest BCUT2D eigenvalue weighted by molar-refractivity contribution is 5.97. The summed E-state index contributed by atoms with van der Waals surface area (Å²) in [6.45, 7) is 7.73. The van der Waals surface area contributed by atoms with Crippen LogP contribution in [0.1, 0.15) is 59.3 Å². The number of amides is 4. The maximum Gasteiger partial charge on any atom is 0.319 e.